The highest BCUT2D eigenvalue weighted by atomic mass is 32.1. The van der Waals surface area contributed by atoms with Gasteiger partial charge < -0.3 is 19.6 Å². The summed E-state index contributed by atoms with van der Waals surface area (Å²) in [6, 6.07) is 19.7. The van der Waals surface area contributed by atoms with Gasteiger partial charge in [-0.3, -0.25) is 9.88 Å². The van der Waals surface area contributed by atoms with Crippen molar-refractivity contribution in [1.29, 1.82) is 0 Å². The van der Waals surface area contributed by atoms with Crippen LogP contribution in [-0.2, 0) is 4.74 Å². The smallest absolute Gasteiger partial charge is 0.413 e. The van der Waals surface area contributed by atoms with Crippen LogP contribution in [0, 0.1) is 13.8 Å². The molecule has 0 bridgehead atoms. The molecule has 1 heterocycles. The van der Waals surface area contributed by atoms with Crippen LogP contribution in [0.1, 0.15) is 45.7 Å². The number of aromatic hydroxyl groups is 1. The zero-order valence-electron chi connectivity index (χ0n) is 26.8. The lowest BCUT2D eigenvalue weighted by Crippen LogP contribution is -2.35. The molecule has 0 aliphatic heterocycles. The van der Waals surface area contributed by atoms with Crippen LogP contribution in [0.4, 0.5) is 16.2 Å². The van der Waals surface area contributed by atoms with E-state index < -0.39 is 6.09 Å². The molecule has 0 atom stereocenters. The molecule has 0 unspecified atom stereocenters. The van der Waals surface area contributed by atoms with E-state index in [-0.39, 0.29) is 17.5 Å². The third kappa shape index (κ3) is 6.73. The van der Waals surface area contributed by atoms with Gasteiger partial charge in [-0.25, -0.2) is 9.78 Å². The second kappa shape index (κ2) is 14.4. The molecule has 1 amide bonds. The number of thiocarbonyl (C=S) groups is 1. The van der Waals surface area contributed by atoms with E-state index >= 15 is 0 Å². The molecule has 0 saturated carbocycles. The van der Waals surface area contributed by atoms with Gasteiger partial charge in [0.25, 0.3) is 0 Å². The van der Waals surface area contributed by atoms with Crippen LogP contribution in [0.15, 0.2) is 60.7 Å². The van der Waals surface area contributed by atoms with Crippen LogP contribution in [0.25, 0.3) is 33.9 Å². The molecule has 0 fully saturated rings. The number of aryl methyl sites for hydroxylation is 2. The summed E-state index contributed by atoms with van der Waals surface area (Å²) in [4.78, 5) is 22.4. The summed E-state index contributed by atoms with van der Waals surface area (Å²) in [7, 11) is 0. The van der Waals surface area contributed by atoms with Crippen LogP contribution in [0.3, 0.4) is 0 Å². The number of nitrogens with zero attached hydrogens (tertiary/aromatic N) is 4. The maximum Gasteiger partial charge on any atom is 0.413 e. The Labute approximate surface area is 266 Å². The van der Waals surface area contributed by atoms with Gasteiger partial charge in [0.2, 0.25) is 0 Å². The minimum atomic E-state index is -0.635. The number of benzene rings is 3. The molecule has 2 N–H and O–H groups in total. The first-order chi connectivity index (χ1) is 21.2. The largest absolute Gasteiger partial charge is 0.508 e. The molecule has 4 aromatic rings. The monoisotopic (exact) mass is 613 g/mol. The summed E-state index contributed by atoms with van der Waals surface area (Å²) in [5, 5.41) is 12.9. The van der Waals surface area contributed by atoms with Crippen molar-refractivity contribution in [3.8, 4) is 39.7 Å². The molecule has 232 valence electrons. The molecular formula is C35H43N5O3S. The van der Waals surface area contributed by atoms with Crippen molar-refractivity contribution in [2.75, 3.05) is 42.6 Å². The Morgan fingerprint density at radius 1 is 0.841 bits per heavy atom. The zero-order chi connectivity index (χ0) is 32.0. The average Bonchev–Trinajstić information content (AvgIpc) is 3.39. The molecule has 0 spiro atoms. The van der Waals surface area contributed by atoms with E-state index in [0.717, 1.165) is 76.8 Å². The number of aromatic nitrogens is 2. The summed E-state index contributed by atoms with van der Waals surface area (Å²) in [6.45, 7) is 18.3. The number of phenolic OH excluding ortho intramolecular Hbond substituents is 1. The van der Waals surface area contributed by atoms with E-state index in [9.17, 15) is 9.90 Å². The van der Waals surface area contributed by atoms with Crippen molar-refractivity contribution < 1.29 is 14.6 Å². The van der Waals surface area contributed by atoms with Crippen LogP contribution in [-0.4, -0.2) is 58.6 Å². The fourth-order valence-electron chi connectivity index (χ4n) is 5.57. The molecule has 9 heteroatoms. The quantitative estimate of drug-likeness (QED) is 0.177. The number of carbonyl (C=O) groups excluding carboxylic acids is 1. The van der Waals surface area contributed by atoms with Crippen molar-refractivity contribution in [2.24, 2.45) is 0 Å². The fourth-order valence-corrected chi connectivity index (χ4v) is 5.83. The lowest BCUT2D eigenvalue weighted by atomic mass is 9.97. The van der Waals surface area contributed by atoms with Gasteiger partial charge in [-0.05, 0) is 120 Å². The Kier molecular flexibility index (Phi) is 10.7. The van der Waals surface area contributed by atoms with Crippen LogP contribution < -0.4 is 15.1 Å². The lowest BCUT2D eigenvalue weighted by molar-refractivity contribution is 0.158. The van der Waals surface area contributed by atoms with E-state index in [4.69, 9.17) is 21.9 Å². The molecular weight excluding hydrogens is 570 g/mol. The van der Waals surface area contributed by atoms with E-state index in [1.807, 2.05) is 4.57 Å². The molecule has 44 heavy (non-hydrogen) atoms. The minimum absolute atomic E-state index is 0.143. The zero-order valence-corrected chi connectivity index (χ0v) is 27.6. The third-order valence-corrected chi connectivity index (χ3v) is 8.16. The summed E-state index contributed by atoms with van der Waals surface area (Å²) in [6.07, 6.45) is -0.635. The highest BCUT2D eigenvalue weighted by Crippen LogP contribution is 2.40. The number of anilines is 2. The van der Waals surface area contributed by atoms with E-state index in [1.54, 1.807) is 31.2 Å². The molecule has 1 aromatic heterocycles. The number of carbonyl (C=O) groups is 1. The number of ether oxygens (including phenoxy) is 1. The second-order valence-corrected chi connectivity index (χ2v) is 10.9. The number of hydrogen-bond acceptors (Lipinski definition) is 7. The maximum absolute atomic E-state index is 12.6. The van der Waals surface area contributed by atoms with Gasteiger partial charge in [-0.1, -0.05) is 12.1 Å². The van der Waals surface area contributed by atoms with Gasteiger partial charge in [0.05, 0.1) is 18.0 Å². The van der Waals surface area contributed by atoms with Gasteiger partial charge >= 0.3 is 6.09 Å². The van der Waals surface area contributed by atoms with E-state index in [0.29, 0.717) is 5.82 Å². The number of rotatable bonds is 10. The van der Waals surface area contributed by atoms with Crippen molar-refractivity contribution >= 4 is 34.8 Å². The normalized spacial score (nSPS) is 10.9. The highest BCUT2D eigenvalue weighted by molar-refractivity contribution is 7.80. The summed E-state index contributed by atoms with van der Waals surface area (Å²) in [5.74, 6) is 0.682. The number of alkyl carbamates (subject to hydrolysis) is 1. The predicted molar refractivity (Wildman–Crippen MR) is 185 cm³/mol. The first-order valence-corrected chi connectivity index (χ1v) is 15.7. The van der Waals surface area contributed by atoms with Gasteiger partial charge in [0, 0.05) is 54.2 Å². The van der Waals surface area contributed by atoms with Crippen LogP contribution >= 0.6 is 12.2 Å². The van der Waals surface area contributed by atoms with E-state index in [2.05, 4.69) is 93.1 Å². The average molecular weight is 614 g/mol. The van der Waals surface area contributed by atoms with Gasteiger partial charge in [-0.15, -0.1) is 0 Å². The number of amides is 1. The fraction of sp³-hybridized carbons (Fsp3) is 0.343. The van der Waals surface area contributed by atoms with Crippen LogP contribution in [0.5, 0.6) is 5.75 Å². The van der Waals surface area contributed by atoms with Crippen molar-refractivity contribution in [3.63, 3.8) is 0 Å². The Bertz CT molecular complexity index is 1620. The minimum Gasteiger partial charge on any atom is -0.508 e. The second-order valence-electron chi connectivity index (χ2n) is 10.5. The summed E-state index contributed by atoms with van der Waals surface area (Å²) < 4.78 is 6.99. The van der Waals surface area contributed by atoms with Gasteiger partial charge in [0.15, 0.2) is 5.11 Å². The molecule has 0 aliphatic rings. The molecule has 8 nitrogen and oxygen atoms in total. The molecule has 0 saturated heterocycles. The number of imidazole rings is 1. The summed E-state index contributed by atoms with van der Waals surface area (Å²) >= 11 is 5.89. The predicted octanol–water partition coefficient (Wildman–Crippen LogP) is 7.78. The Morgan fingerprint density at radius 2 is 1.36 bits per heavy atom. The maximum atomic E-state index is 12.6. The van der Waals surface area contributed by atoms with Crippen molar-refractivity contribution in [1.82, 2.24) is 14.9 Å². The lowest BCUT2D eigenvalue weighted by Gasteiger charge is -2.23. The third-order valence-electron chi connectivity index (χ3n) is 7.88. The number of phenols is 1. The molecule has 0 aliphatic carbocycles. The first-order valence-electron chi connectivity index (χ1n) is 15.3. The Hall–Kier alpha value is -4.37. The topological polar surface area (TPSA) is 82.9 Å². The van der Waals surface area contributed by atoms with Crippen LogP contribution in [0.2, 0.25) is 0 Å². The first kappa shape index (κ1) is 32.5. The van der Waals surface area contributed by atoms with E-state index in [1.165, 1.54) is 0 Å². The SMILES string of the molecule is CCOC(=O)NC(=S)n1c(-c2ccc(O)cc2)nc(-c2ccc(N(CC)CC)cc2C)c1-c1ccc(N(CC)CC)cc1C. The summed E-state index contributed by atoms with van der Waals surface area (Å²) in [5.41, 5.74) is 8.53. The molecule has 4 rings (SSSR count). The Morgan fingerprint density at radius 3 is 1.84 bits per heavy atom. The molecule has 3 aromatic carbocycles. The highest BCUT2D eigenvalue weighted by Gasteiger charge is 2.27. The standard InChI is InChI=1S/C35H43N5O3S/c1-8-38(9-2)26-15-19-29(23(6)21-26)31-32(30-20-16-27(22-24(30)7)39(10-3)11-4)40(34(44)37-35(42)43-12-5)33(36-31)25-13-17-28(41)18-14-25/h13-22,41H,8-12H2,1-7H3,(H,37,42,44). The Balaban J connectivity index is 2.05. The van der Waals surface area contributed by atoms with Crippen molar-refractivity contribution in [2.45, 2.75) is 48.5 Å². The number of hydrogen-bond donors (Lipinski definition) is 2. The number of nitrogens with one attached hydrogen (secondary N) is 1. The van der Waals surface area contributed by atoms with Gasteiger partial charge in [0.1, 0.15) is 11.6 Å². The van der Waals surface area contributed by atoms with Crippen molar-refractivity contribution in [3.05, 3.63) is 71.8 Å². The molecule has 0 radical (unpaired) electrons. The van der Waals surface area contributed by atoms with Gasteiger partial charge in [-0.2, -0.15) is 0 Å².